The van der Waals surface area contributed by atoms with Gasteiger partial charge in [0.2, 0.25) is 0 Å². The molecule has 1 aliphatic heterocycles. The average Bonchev–Trinajstić information content (AvgIpc) is 2.63. The molecule has 0 saturated carbocycles. The minimum absolute atomic E-state index is 0.0234. The fraction of sp³-hybridized carbons (Fsp3) is 0.238. The molecule has 2 atom stereocenters. The Hall–Kier alpha value is -2.82. The van der Waals surface area contributed by atoms with Crippen LogP contribution in [-0.2, 0) is 0 Å². The summed E-state index contributed by atoms with van der Waals surface area (Å²) in [6.07, 6.45) is 1.55. The van der Waals surface area contributed by atoms with Crippen LogP contribution < -0.4 is 5.73 Å². The Morgan fingerprint density at radius 1 is 1.08 bits per heavy atom. The van der Waals surface area contributed by atoms with Crippen molar-refractivity contribution >= 4 is 22.3 Å². The molecule has 26 heavy (non-hydrogen) atoms. The molecule has 0 spiro atoms. The molecule has 2 heterocycles. The van der Waals surface area contributed by atoms with Crippen molar-refractivity contribution in [2.45, 2.75) is 32.7 Å². The van der Waals surface area contributed by atoms with Crippen LogP contribution in [0.2, 0.25) is 0 Å². The van der Waals surface area contributed by atoms with Gasteiger partial charge in [0.15, 0.2) is 11.6 Å². The molecule has 1 aromatic heterocycles. The highest BCUT2D eigenvalue weighted by atomic mass is 19.2. The van der Waals surface area contributed by atoms with E-state index >= 15 is 0 Å². The number of fused-ring (bicyclic) bond motifs is 2. The third-order valence-corrected chi connectivity index (χ3v) is 5.29. The smallest absolute Gasteiger partial charge is 0.184 e. The number of aliphatic imine (C=N–C) groups is 1. The van der Waals surface area contributed by atoms with Gasteiger partial charge in [0.25, 0.3) is 0 Å². The van der Waals surface area contributed by atoms with E-state index in [1.807, 2.05) is 19.1 Å². The molecule has 0 bridgehead atoms. The van der Waals surface area contributed by atoms with Crippen LogP contribution in [0.3, 0.4) is 0 Å². The van der Waals surface area contributed by atoms with Crippen LogP contribution in [0.4, 0.5) is 14.5 Å². The summed E-state index contributed by atoms with van der Waals surface area (Å²) in [7, 11) is 0. The summed E-state index contributed by atoms with van der Waals surface area (Å²) >= 11 is 0. The summed E-state index contributed by atoms with van der Waals surface area (Å²) in [6, 6.07) is 8.51. The summed E-state index contributed by atoms with van der Waals surface area (Å²) in [5, 5.41) is 0.539. The average molecular weight is 351 g/mol. The Morgan fingerprint density at radius 3 is 2.62 bits per heavy atom. The van der Waals surface area contributed by atoms with Gasteiger partial charge in [0, 0.05) is 34.3 Å². The van der Waals surface area contributed by atoms with Gasteiger partial charge in [-0.1, -0.05) is 19.1 Å². The number of nitrogens with two attached hydrogens (primary N) is 1. The second-order valence-electron chi connectivity index (χ2n) is 6.92. The third-order valence-electron chi connectivity index (χ3n) is 5.29. The molecule has 0 saturated heterocycles. The van der Waals surface area contributed by atoms with Crippen LogP contribution >= 0.6 is 0 Å². The number of hydrogen-bond donors (Lipinski definition) is 1. The van der Waals surface area contributed by atoms with E-state index in [0.717, 1.165) is 39.7 Å². The second kappa shape index (κ2) is 5.87. The lowest BCUT2D eigenvalue weighted by atomic mass is 9.82. The highest BCUT2D eigenvalue weighted by molar-refractivity contribution is 6.16. The maximum Gasteiger partial charge on any atom is 0.184 e. The molecule has 5 heteroatoms. The second-order valence-corrected chi connectivity index (χ2v) is 6.92. The molecule has 0 unspecified atom stereocenters. The quantitative estimate of drug-likeness (QED) is 0.644. The van der Waals surface area contributed by atoms with E-state index in [9.17, 15) is 8.78 Å². The molecule has 0 radical (unpaired) electrons. The summed E-state index contributed by atoms with van der Waals surface area (Å²) in [5.41, 5.74) is 11.8. The number of rotatable bonds is 1. The maximum absolute atomic E-state index is 13.9. The van der Waals surface area contributed by atoms with Crippen LogP contribution in [0.25, 0.3) is 10.9 Å². The van der Waals surface area contributed by atoms with Crippen LogP contribution in [-0.4, -0.2) is 16.7 Å². The molecule has 1 aliphatic rings. The molecular weight excluding hydrogens is 332 g/mol. The monoisotopic (exact) mass is 351 g/mol. The summed E-state index contributed by atoms with van der Waals surface area (Å²) < 4.78 is 27.4. The first-order valence-corrected chi connectivity index (χ1v) is 8.59. The van der Waals surface area contributed by atoms with Crippen LogP contribution in [0.15, 0.2) is 41.5 Å². The molecule has 3 aromatic rings. The standard InChI is InChI=1S/C21H19F2N3/c1-10-4-6-15-17(19(10)24)11(2)12(3)26-20(15)14-8-13-5-7-16(22)18(23)21(13)25-9-14/h4-9,11-12H,24H2,1-3H3/t11-,12+/m1/s1. The lowest BCUT2D eigenvalue weighted by molar-refractivity contribution is 0.515. The third kappa shape index (κ3) is 2.38. The van der Waals surface area contributed by atoms with Crippen molar-refractivity contribution in [1.82, 2.24) is 4.98 Å². The fourth-order valence-corrected chi connectivity index (χ4v) is 3.57. The number of pyridine rings is 1. The fourth-order valence-electron chi connectivity index (χ4n) is 3.57. The lowest BCUT2D eigenvalue weighted by Gasteiger charge is -2.29. The molecule has 2 N–H and O–H groups in total. The first-order valence-electron chi connectivity index (χ1n) is 8.59. The van der Waals surface area contributed by atoms with Crippen molar-refractivity contribution in [3.05, 3.63) is 70.4 Å². The van der Waals surface area contributed by atoms with E-state index < -0.39 is 11.6 Å². The zero-order chi connectivity index (χ0) is 18.6. The maximum atomic E-state index is 13.9. The van der Waals surface area contributed by atoms with Crippen molar-refractivity contribution in [3.8, 4) is 0 Å². The van der Waals surface area contributed by atoms with Crippen molar-refractivity contribution < 1.29 is 8.78 Å². The molecule has 0 fully saturated rings. The van der Waals surface area contributed by atoms with Gasteiger partial charge in [0.05, 0.1) is 11.8 Å². The number of aromatic nitrogens is 1. The summed E-state index contributed by atoms with van der Waals surface area (Å²) in [6.45, 7) is 6.17. The van der Waals surface area contributed by atoms with Crippen LogP contribution in [0.5, 0.6) is 0 Å². The molecule has 4 rings (SSSR count). The number of hydrogen-bond acceptors (Lipinski definition) is 3. The van der Waals surface area contributed by atoms with Gasteiger partial charge in [-0.25, -0.2) is 8.78 Å². The normalized spacial score (nSPS) is 19.3. The van der Waals surface area contributed by atoms with Crippen molar-refractivity contribution in [1.29, 1.82) is 0 Å². The first-order chi connectivity index (χ1) is 12.4. The van der Waals surface area contributed by atoms with Gasteiger partial charge in [-0.15, -0.1) is 0 Å². The Kier molecular flexibility index (Phi) is 3.75. The van der Waals surface area contributed by atoms with Crippen molar-refractivity contribution in [2.75, 3.05) is 5.73 Å². The highest BCUT2D eigenvalue weighted by Gasteiger charge is 2.28. The van der Waals surface area contributed by atoms with Gasteiger partial charge in [-0.05, 0) is 43.2 Å². The first kappa shape index (κ1) is 16.6. The van der Waals surface area contributed by atoms with E-state index in [2.05, 4.69) is 18.8 Å². The zero-order valence-corrected chi connectivity index (χ0v) is 14.8. The lowest BCUT2D eigenvalue weighted by Crippen LogP contribution is -2.24. The van der Waals surface area contributed by atoms with E-state index in [1.165, 1.54) is 6.07 Å². The Balaban J connectivity index is 1.94. The van der Waals surface area contributed by atoms with Gasteiger partial charge in [-0.3, -0.25) is 9.98 Å². The van der Waals surface area contributed by atoms with Gasteiger partial charge in [-0.2, -0.15) is 0 Å². The minimum Gasteiger partial charge on any atom is -0.398 e. The number of anilines is 1. The Labute approximate surface area is 150 Å². The number of aryl methyl sites for hydroxylation is 1. The van der Waals surface area contributed by atoms with E-state index in [0.29, 0.717) is 5.39 Å². The van der Waals surface area contributed by atoms with Crippen molar-refractivity contribution in [3.63, 3.8) is 0 Å². The number of nitrogen functional groups attached to an aromatic ring is 1. The molecular formula is C21H19F2N3. The zero-order valence-electron chi connectivity index (χ0n) is 14.8. The Morgan fingerprint density at radius 2 is 1.85 bits per heavy atom. The molecule has 2 aromatic carbocycles. The van der Waals surface area contributed by atoms with E-state index in [4.69, 9.17) is 10.7 Å². The topological polar surface area (TPSA) is 51.3 Å². The predicted octanol–water partition coefficient (Wildman–Crippen LogP) is 4.75. The van der Waals surface area contributed by atoms with Gasteiger partial charge in [0.1, 0.15) is 5.52 Å². The van der Waals surface area contributed by atoms with Crippen LogP contribution in [0.1, 0.15) is 42.0 Å². The highest BCUT2D eigenvalue weighted by Crippen LogP contribution is 2.37. The van der Waals surface area contributed by atoms with Gasteiger partial charge < -0.3 is 5.73 Å². The SMILES string of the molecule is Cc1ccc2c(c1N)[C@H](C)[C@H](C)N=C2c1cnc2c(F)c(F)ccc2c1. The molecule has 3 nitrogen and oxygen atoms in total. The largest absolute Gasteiger partial charge is 0.398 e. The summed E-state index contributed by atoms with van der Waals surface area (Å²) in [4.78, 5) is 8.99. The number of halogens is 2. The molecule has 132 valence electrons. The van der Waals surface area contributed by atoms with E-state index in [1.54, 1.807) is 12.3 Å². The van der Waals surface area contributed by atoms with Crippen molar-refractivity contribution in [2.24, 2.45) is 4.99 Å². The van der Waals surface area contributed by atoms with Gasteiger partial charge >= 0.3 is 0 Å². The molecule has 0 amide bonds. The number of nitrogens with zero attached hydrogens (tertiary/aromatic N) is 2. The minimum atomic E-state index is -0.929. The number of benzene rings is 2. The van der Waals surface area contributed by atoms with Crippen LogP contribution in [0, 0.1) is 18.6 Å². The summed E-state index contributed by atoms with van der Waals surface area (Å²) in [5.74, 6) is -1.63. The molecule has 0 aliphatic carbocycles. The Bertz CT molecular complexity index is 1070. The predicted molar refractivity (Wildman–Crippen MR) is 101 cm³/mol. The van der Waals surface area contributed by atoms with E-state index in [-0.39, 0.29) is 17.5 Å².